The number of rotatable bonds is 3. The maximum Gasteiger partial charge on any atom is 0.227 e. The predicted octanol–water partition coefficient (Wildman–Crippen LogP) is 2.65. The Labute approximate surface area is 153 Å². The molecule has 0 aliphatic carbocycles. The lowest BCUT2D eigenvalue weighted by molar-refractivity contribution is 0.373. The van der Waals surface area contributed by atoms with Crippen LogP contribution < -0.4 is 15.5 Å². The van der Waals surface area contributed by atoms with Crippen molar-refractivity contribution in [1.82, 2.24) is 15.3 Å². The lowest BCUT2D eigenvalue weighted by atomic mass is 9.94. The summed E-state index contributed by atoms with van der Waals surface area (Å²) in [4.78, 5) is 16.2. The second-order valence-corrected chi connectivity index (χ2v) is 7.55. The lowest BCUT2D eigenvalue weighted by Gasteiger charge is -2.35. The summed E-state index contributed by atoms with van der Waals surface area (Å²) in [6.07, 6.45) is 4.38. The number of nitrogens with zero attached hydrogens (tertiary/aromatic N) is 4. The molecule has 5 rings (SSSR count). The lowest BCUT2D eigenvalue weighted by Crippen LogP contribution is -2.45. The number of benzene rings is 1. The van der Waals surface area contributed by atoms with Gasteiger partial charge in [-0.25, -0.2) is 4.98 Å². The molecule has 2 unspecified atom stereocenters. The minimum atomic E-state index is 0.682. The van der Waals surface area contributed by atoms with E-state index in [2.05, 4.69) is 38.7 Å². The molecule has 0 amide bonds. The molecule has 2 N–H and O–H groups in total. The zero-order valence-corrected chi connectivity index (χ0v) is 15.1. The molecule has 2 atom stereocenters. The highest BCUT2D eigenvalue weighted by Gasteiger charge is 2.33. The first-order valence-electron chi connectivity index (χ1n) is 9.48. The molecule has 0 radical (unpaired) electrons. The summed E-state index contributed by atoms with van der Waals surface area (Å²) in [5.41, 5.74) is 4.51. The van der Waals surface area contributed by atoms with Gasteiger partial charge in [0, 0.05) is 42.8 Å². The zero-order valence-electron chi connectivity index (χ0n) is 15.1. The van der Waals surface area contributed by atoms with Gasteiger partial charge in [-0.05, 0) is 55.5 Å². The minimum absolute atomic E-state index is 0.682. The molecule has 1 aromatic heterocycles. The highest BCUT2D eigenvalue weighted by atomic mass is 15.3. The summed E-state index contributed by atoms with van der Waals surface area (Å²) in [6, 6.07) is 9.06. The molecule has 2 aromatic rings. The molecule has 3 aliphatic rings. The molecular formula is C20H24N6. The molecule has 2 saturated heterocycles. The quantitative estimate of drug-likeness (QED) is 0.893. The van der Waals surface area contributed by atoms with E-state index in [1.807, 2.05) is 19.2 Å². The zero-order chi connectivity index (χ0) is 17.5. The van der Waals surface area contributed by atoms with Crippen LogP contribution >= 0.6 is 0 Å². The van der Waals surface area contributed by atoms with Gasteiger partial charge in [-0.15, -0.1) is 0 Å². The highest BCUT2D eigenvalue weighted by molar-refractivity contribution is 5.86. The Morgan fingerprint density at radius 3 is 3.12 bits per heavy atom. The van der Waals surface area contributed by atoms with E-state index >= 15 is 0 Å². The van der Waals surface area contributed by atoms with Gasteiger partial charge < -0.3 is 15.5 Å². The summed E-state index contributed by atoms with van der Waals surface area (Å²) in [7, 11) is 0. The van der Waals surface area contributed by atoms with E-state index in [0.717, 1.165) is 55.2 Å². The average Bonchev–Trinajstić information content (AvgIpc) is 3.29. The number of aliphatic imine (C=N–C) groups is 1. The fraction of sp³-hybridized carbons (Fsp3) is 0.450. The molecule has 134 valence electrons. The van der Waals surface area contributed by atoms with E-state index in [0.29, 0.717) is 6.04 Å². The van der Waals surface area contributed by atoms with Crippen LogP contribution in [0.5, 0.6) is 0 Å². The van der Waals surface area contributed by atoms with Crippen molar-refractivity contribution in [2.24, 2.45) is 10.9 Å². The monoisotopic (exact) mass is 348 g/mol. The van der Waals surface area contributed by atoms with E-state index in [9.17, 15) is 0 Å². The van der Waals surface area contributed by atoms with Crippen molar-refractivity contribution < 1.29 is 0 Å². The molecule has 4 heterocycles. The fourth-order valence-electron chi connectivity index (χ4n) is 4.31. The molecule has 0 saturated carbocycles. The van der Waals surface area contributed by atoms with Crippen LogP contribution in [0.4, 0.5) is 17.5 Å². The van der Waals surface area contributed by atoms with Gasteiger partial charge in [0.15, 0.2) is 0 Å². The Kier molecular flexibility index (Phi) is 3.85. The second kappa shape index (κ2) is 6.36. The standard InChI is InChI=1S/C20H24N6/c1-13-8-19(24-17-3-2-14-10-21-11-16(14)9-17)25-20(23-13)26-7-5-18-15(12-26)4-6-22-18/h2-3,8-9,11,15,18,22H,4-7,10,12H2,1H3,(H,23,24,25). The summed E-state index contributed by atoms with van der Waals surface area (Å²) < 4.78 is 0. The van der Waals surface area contributed by atoms with Gasteiger partial charge >= 0.3 is 0 Å². The number of nitrogens with one attached hydrogen (secondary N) is 2. The summed E-state index contributed by atoms with van der Waals surface area (Å²) in [6.45, 7) is 6.04. The van der Waals surface area contributed by atoms with Crippen molar-refractivity contribution >= 4 is 23.7 Å². The Morgan fingerprint density at radius 1 is 1.19 bits per heavy atom. The van der Waals surface area contributed by atoms with Crippen molar-refractivity contribution in [3.63, 3.8) is 0 Å². The molecule has 0 spiro atoms. The first-order chi connectivity index (χ1) is 12.7. The van der Waals surface area contributed by atoms with E-state index in [1.165, 1.54) is 24.0 Å². The molecule has 6 heteroatoms. The number of aryl methyl sites for hydroxylation is 1. The van der Waals surface area contributed by atoms with Gasteiger partial charge in [-0.3, -0.25) is 4.99 Å². The SMILES string of the molecule is Cc1cc(Nc2ccc3c(c2)C=NC3)nc(N2CCC3NCCC3C2)n1. The van der Waals surface area contributed by atoms with Crippen LogP contribution in [0.25, 0.3) is 0 Å². The van der Waals surface area contributed by atoms with E-state index < -0.39 is 0 Å². The average molecular weight is 348 g/mol. The summed E-state index contributed by atoms with van der Waals surface area (Å²) >= 11 is 0. The van der Waals surface area contributed by atoms with Crippen LogP contribution in [-0.4, -0.2) is 41.9 Å². The Balaban J connectivity index is 1.37. The Bertz CT molecular complexity index is 861. The van der Waals surface area contributed by atoms with Crippen LogP contribution in [0.1, 0.15) is 29.7 Å². The predicted molar refractivity (Wildman–Crippen MR) is 105 cm³/mol. The van der Waals surface area contributed by atoms with Crippen LogP contribution in [-0.2, 0) is 6.54 Å². The number of hydrogen-bond donors (Lipinski definition) is 2. The normalized spacial score (nSPS) is 23.8. The Hall–Kier alpha value is -2.47. The van der Waals surface area contributed by atoms with Gasteiger partial charge in [0.05, 0.1) is 6.54 Å². The number of fused-ring (bicyclic) bond motifs is 2. The van der Waals surface area contributed by atoms with Gasteiger partial charge in [-0.1, -0.05) is 6.07 Å². The van der Waals surface area contributed by atoms with Crippen molar-refractivity contribution in [3.8, 4) is 0 Å². The molecule has 0 bridgehead atoms. The van der Waals surface area contributed by atoms with E-state index in [-0.39, 0.29) is 0 Å². The number of hydrogen-bond acceptors (Lipinski definition) is 6. The third kappa shape index (κ3) is 2.94. The fourth-order valence-corrected chi connectivity index (χ4v) is 4.31. The summed E-state index contributed by atoms with van der Waals surface area (Å²) in [5, 5.41) is 7.06. The van der Waals surface area contributed by atoms with Crippen LogP contribution in [0.3, 0.4) is 0 Å². The maximum absolute atomic E-state index is 4.81. The minimum Gasteiger partial charge on any atom is -0.340 e. The molecule has 6 nitrogen and oxygen atoms in total. The molecule has 3 aliphatic heterocycles. The highest BCUT2D eigenvalue weighted by Crippen LogP contribution is 2.28. The number of anilines is 3. The van der Waals surface area contributed by atoms with Crippen LogP contribution in [0, 0.1) is 12.8 Å². The van der Waals surface area contributed by atoms with Gasteiger partial charge in [0.2, 0.25) is 5.95 Å². The van der Waals surface area contributed by atoms with Crippen molar-refractivity contribution in [2.45, 2.75) is 32.4 Å². The number of aromatic nitrogens is 2. The summed E-state index contributed by atoms with van der Waals surface area (Å²) in [5.74, 6) is 2.43. The topological polar surface area (TPSA) is 65.4 Å². The molecule has 2 fully saturated rings. The van der Waals surface area contributed by atoms with Crippen molar-refractivity contribution in [2.75, 3.05) is 29.9 Å². The van der Waals surface area contributed by atoms with Crippen LogP contribution in [0.15, 0.2) is 29.3 Å². The van der Waals surface area contributed by atoms with Gasteiger partial charge in [-0.2, -0.15) is 4.98 Å². The molecular weight excluding hydrogens is 324 g/mol. The van der Waals surface area contributed by atoms with Gasteiger partial charge in [0.1, 0.15) is 5.82 Å². The van der Waals surface area contributed by atoms with Gasteiger partial charge in [0.25, 0.3) is 0 Å². The first kappa shape index (κ1) is 15.8. The molecule has 26 heavy (non-hydrogen) atoms. The van der Waals surface area contributed by atoms with Crippen molar-refractivity contribution in [3.05, 3.63) is 41.1 Å². The van der Waals surface area contributed by atoms with Crippen molar-refractivity contribution in [1.29, 1.82) is 0 Å². The largest absolute Gasteiger partial charge is 0.340 e. The van der Waals surface area contributed by atoms with Crippen LogP contribution in [0.2, 0.25) is 0 Å². The maximum atomic E-state index is 4.81. The third-order valence-electron chi connectivity index (χ3n) is 5.69. The molecule has 1 aromatic carbocycles. The first-order valence-corrected chi connectivity index (χ1v) is 9.48. The third-order valence-corrected chi connectivity index (χ3v) is 5.69. The Morgan fingerprint density at radius 2 is 2.15 bits per heavy atom. The number of piperidine rings is 1. The smallest absolute Gasteiger partial charge is 0.227 e. The second-order valence-electron chi connectivity index (χ2n) is 7.55. The van der Waals surface area contributed by atoms with E-state index in [1.54, 1.807) is 0 Å². The van der Waals surface area contributed by atoms with E-state index in [4.69, 9.17) is 9.97 Å².